The Morgan fingerprint density at radius 3 is 2.66 bits per heavy atom. The molecule has 32 heavy (non-hydrogen) atoms. The monoisotopic (exact) mass is 436 g/mol. The van der Waals surface area contributed by atoms with Crippen LogP contribution < -0.4 is 10.3 Å². The van der Waals surface area contributed by atoms with Crippen LogP contribution in [-0.2, 0) is 29.1 Å². The molecule has 1 unspecified atom stereocenters. The van der Waals surface area contributed by atoms with Crippen LogP contribution >= 0.6 is 0 Å². The predicted octanol–water partition coefficient (Wildman–Crippen LogP) is 3.89. The quantitative estimate of drug-likeness (QED) is 0.490. The number of aromatic nitrogens is 2. The zero-order valence-electron chi connectivity index (χ0n) is 19.1. The molecule has 3 aromatic rings. The highest BCUT2D eigenvalue weighted by molar-refractivity contribution is 5.89. The fraction of sp³-hybridized carbons (Fsp3) is 0.400. The molecular formula is C25H28N2O5. The van der Waals surface area contributed by atoms with Crippen molar-refractivity contribution in [3.8, 4) is 17.1 Å². The fourth-order valence-electron chi connectivity index (χ4n) is 4.44. The van der Waals surface area contributed by atoms with Crippen molar-refractivity contribution in [1.29, 1.82) is 0 Å². The summed E-state index contributed by atoms with van der Waals surface area (Å²) in [5, 5.41) is 11.3. The second kappa shape index (κ2) is 8.39. The number of fused-ring (bicyclic) bond motifs is 5. The fourth-order valence-corrected chi connectivity index (χ4v) is 4.44. The number of rotatable bonds is 3. The first-order chi connectivity index (χ1) is 15.4. The molecule has 5 rings (SSSR count). The van der Waals surface area contributed by atoms with Crippen LogP contribution in [0.1, 0.15) is 63.0 Å². The van der Waals surface area contributed by atoms with Gasteiger partial charge >= 0.3 is 5.97 Å². The number of aliphatic hydroxyl groups excluding tert-OH is 1. The minimum Gasteiger partial charge on any atom is -0.491 e. The second-order valence-electron chi connectivity index (χ2n) is 7.98. The summed E-state index contributed by atoms with van der Waals surface area (Å²) < 4.78 is 12.5. The lowest BCUT2D eigenvalue weighted by atomic mass is 9.97. The molecule has 2 aliphatic heterocycles. The third-order valence-electron chi connectivity index (χ3n) is 5.77. The molecule has 7 nitrogen and oxygen atoms in total. The number of aliphatic hydroxyl groups is 1. The number of pyridine rings is 2. The van der Waals surface area contributed by atoms with Crippen molar-refractivity contribution in [3.05, 3.63) is 56.9 Å². The number of aryl methyl sites for hydroxylation is 1. The molecular weight excluding hydrogens is 408 g/mol. The van der Waals surface area contributed by atoms with E-state index in [0.29, 0.717) is 23.4 Å². The van der Waals surface area contributed by atoms with E-state index in [-0.39, 0.29) is 18.3 Å². The molecule has 2 aromatic heterocycles. The van der Waals surface area contributed by atoms with Gasteiger partial charge < -0.3 is 19.1 Å². The lowest BCUT2D eigenvalue weighted by molar-refractivity contribution is -0.157. The zero-order valence-corrected chi connectivity index (χ0v) is 19.1. The molecule has 0 aliphatic carbocycles. The predicted molar refractivity (Wildman–Crippen MR) is 122 cm³/mol. The number of hydrogen-bond donors (Lipinski definition) is 1. The molecule has 7 heteroatoms. The van der Waals surface area contributed by atoms with Gasteiger partial charge in [-0.15, -0.1) is 0 Å². The van der Waals surface area contributed by atoms with Crippen LogP contribution in [0, 0.1) is 0 Å². The summed E-state index contributed by atoms with van der Waals surface area (Å²) in [6.07, 6.45) is -0.599. The lowest BCUT2D eigenvalue weighted by Gasteiger charge is -2.21. The second-order valence-corrected chi connectivity index (χ2v) is 7.98. The summed E-state index contributed by atoms with van der Waals surface area (Å²) in [6.45, 7) is 10.3. The molecule has 1 atom stereocenters. The third-order valence-corrected chi connectivity index (χ3v) is 5.77. The number of cyclic esters (lactones) is 1. The van der Waals surface area contributed by atoms with Crippen LogP contribution in [0.5, 0.6) is 5.75 Å². The average Bonchev–Trinajstić information content (AvgIpc) is 3.14. The van der Waals surface area contributed by atoms with Crippen LogP contribution in [0.2, 0.25) is 0 Å². The number of ether oxygens (including phenoxy) is 2. The number of nitrogens with zero attached hydrogens (tertiary/aromatic N) is 2. The van der Waals surface area contributed by atoms with Crippen molar-refractivity contribution < 1.29 is 19.4 Å². The highest BCUT2D eigenvalue weighted by Crippen LogP contribution is 2.38. The lowest BCUT2D eigenvalue weighted by Crippen LogP contribution is -2.32. The SMILES string of the molecule is CC.CCc1c2c(nc3ccc(OC(C)C)cc13)-c1cc3c(c(=O)n1C2)COC(=O)C3O. The number of esters is 1. The Labute approximate surface area is 186 Å². The molecule has 0 saturated carbocycles. The van der Waals surface area contributed by atoms with Crippen molar-refractivity contribution >= 4 is 16.9 Å². The first-order valence-corrected chi connectivity index (χ1v) is 11.1. The Balaban J connectivity index is 0.00000119. The maximum Gasteiger partial charge on any atom is 0.340 e. The number of carbonyl (C=O) groups excluding carboxylic acids is 1. The normalized spacial score (nSPS) is 16.1. The van der Waals surface area contributed by atoms with E-state index in [2.05, 4.69) is 6.92 Å². The van der Waals surface area contributed by atoms with Gasteiger partial charge in [0.25, 0.3) is 5.56 Å². The number of benzene rings is 1. The Kier molecular flexibility index (Phi) is 5.77. The molecule has 0 fully saturated rings. The molecule has 2 aliphatic rings. The maximum atomic E-state index is 13.1. The van der Waals surface area contributed by atoms with Gasteiger partial charge in [-0.25, -0.2) is 9.78 Å². The molecule has 4 heterocycles. The van der Waals surface area contributed by atoms with E-state index < -0.39 is 12.1 Å². The Hall–Kier alpha value is -3.19. The summed E-state index contributed by atoms with van der Waals surface area (Å²) in [7, 11) is 0. The van der Waals surface area contributed by atoms with Crippen LogP contribution in [-0.4, -0.2) is 26.7 Å². The van der Waals surface area contributed by atoms with Crippen molar-refractivity contribution in [3.63, 3.8) is 0 Å². The van der Waals surface area contributed by atoms with Crippen molar-refractivity contribution in [2.24, 2.45) is 0 Å². The first kappa shape index (κ1) is 22.0. The van der Waals surface area contributed by atoms with E-state index in [1.165, 1.54) is 0 Å². The summed E-state index contributed by atoms with van der Waals surface area (Å²) >= 11 is 0. The molecule has 1 N–H and O–H groups in total. The van der Waals surface area contributed by atoms with Gasteiger partial charge in [-0.1, -0.05) is 20.8 Å². The Morgan fingerprint density at radius 1 is 1.22 bits per heavy atom. The van der Waals surface area contributed by atoms with Gasteiger partial charge in [-0.2, -0.15) is 0 Å². The summed E-state index contributed by atoms with van der Waals surface area (Å²) in [6, 6.07) is 7.55. The van der Waals surface area contributed by atoms with E-state index in [4.69, 9.17) is 14.5 Å². The van der Waals surface area contributed by atoms with Crippen LogP contribution in [0.4, 0.5) is 0 Å². The summed E-state index contributed by atoms with van der Waals surface area (Å²) in [4.78, 5) is 29.7. The van der Waals surface area contributed by atoms with Crippen LogP contribution in [0.25, 0.3) is 22.3 Å². The molecule has 0 saturated heterocycles. The smallest absolute Gasteiger partial charge is 0.340 e. The van der Waals surface area contributed by atoms with E-state index in [9.17, 15) is 14.7 Å². The van der Waals surface area contributed by atoms with E-state index in [1.54, 1.807) is 10.6 Å². The number of hydrogen-bond acceptors (Lipinski definition) is 6. The summed E-state index contributed by atoms with van der Waals surface area (Å²) in [5.74, 6) is 0.0549. The number of carbonyl (C=O) groups is 1. The third kappa shape index (κ3) is 3.37. The van der Waals surface area contributed by atoms with Gasteiger partial charge in [0, 0.05) is 16.5 Å². The van der Waals surface area contributed by atoms with Gasteiger partial charge in [0.05, 0.1) is 35.1 Å². The van der Waals surface area contributed by atoms with E-state index in [0.717, 1.165) is 39.9 Å². The molecule has 0 radical (unpaired) electrons. The molecule has 1 aromatic carbocycles. The van der Waals surface area contributed by atoms with Crippen molar-refractivity contribution in [2.45, 2.75) is 66.4 Å². The van der Waals surface area contributed by atoms with E-state index >= 15 is 0 Å². The van der Waals surface area contributed by atoms with Crippen molar-refractivity contribution in [2.75, 3.05) is 0 Å². The zero-order chi connectivity index (χ0) is 23.2. The van der Waals surface area contributed by atoms with Gasteiger partial charge in [0.1, 0.15) is 12.4 Å². The van der Waals surface area contributed by atoms with Gasteiger partial charge in [0.2, 0.25) is 0 Å². The Bertz CT molecular complexity index is 1280. The van der Waals surface area contributed by atoms with Crippen LogP contribution in [0.3, 0.4) is 0 Å². The van der Waals surface area contributed by atoms with Gasteiger partial charge in [0.15, 0.2) is 6.10 Å². The highest BCUT2D eigenvalue weighted by Gasteiger charge is 2.34. The average molecular weight is 437 g/mol. The molecule has 0 bridgehead atoms. The molecule has 0 amide bonds. The van der Waals surface area contributed by atoms with Gasteiger partial charge in [-0.05, 0) is 50.1 Å². The first-order valence-electron chi connectivity index (χ1n) is 11.1. The minimum absolute atomic E-state index is 0.0698. The minimum atomic E-state index is -1.45. The van der Waals surface area contributed by atoms with Crippen molar-refractivity contribution in [1.82, 2.24) is 9.55 Å². The summed E-state index contributed by atoms with van der Waals surface area (Å²) in [5.41, 5.74) is 4.68. The topological polar surface area (TPSA) is 90.6 Å². The molecule has 0 spiro atoms. The van der Waals surface area contributed by atoms with Gasteiger partial charge in [-0.3, -0.25) is 4.79 Å². The van der Waals surface area contributed by atoms with E-state index in [1.807, 2.05) is 45.9 Å². The maximum absolute atomic E-state index is 13.1. The standard InChI is InChI=1S/C23H22N2O5.C2H6/c1-4-13-14-7-12(30-11(2)3)5-6-18(14)24-20-16(13)9-25-19(20)8-15-17(22(25)27)10-29-23(28)21(15)26;1-2/h5-8,11,21,26H,4,9-10H2,1-3H3;1-2H3. The largest absolute Gasteiger partial charge is 0.491 e. The van der Waals surface area contributed by atoms with Crippen LogP contribution in [0.15, 0.2) is 29.1 Å². The highest BCUT2D eigenvalue weighted by atomic mass is 16.5. The Morgan fingerprint density at radius 2 is 1.97 bits per heavy atom. The molecule has 168 valence electrons.